The molecule has 0 aromatic heterocycles. The van der Waals surface area contributed by atoms with E-state index in [1.165, 1.54) is 12.0 Å². The number of benzene rings is 2. The summed E-state index contributed by atoms with van der Waals surface area (Å²) in [6, 6.07) is 13.6. The topological polar surface area (TPSA) is 67.9 Å². The van der Waals surface area contributed by atoms with Crippen LogP contribution in [-0.4, -0.2) is 42.0 Å². The highest BCUT2D eigenvalue weighted by molar-refractivity contribution is 6.31. The lowest BCUT2D eigenvalue weighted by Crippen LogP contribution is -2.53. The third-order valence-electron chi connectivity index (χ3n) is 4.38. The van der Waals surface area contributed by atoms with E-state index in [1.807, 2.05) is 45.0 Å². The van der Waals surface area contributed by atoms with Crippen molar-refractivity contribution in [3.05, 3.63) is 59.1 Å². The molecule has 6 nitrogen and oxygen atoms in total. The van der Waals surface area contributed by atoms with Gasteiger partial charge in [0.1, 0.15) is 6.04 Å². The fourth-order valence-corrected chi connectivity index (χ4v) is 3.02. The summed E-state index contributed by atoms with van der Waals surface area (Å²) in [6.07, 6.45) is 0. The van der Waals surface area contributed by atoms with Crippen molar-refractivity contribution < 1.29 is 19.1 Å². The fraction of sp³-hybridized carbons (Fsp3) is 0.391. The van der Waals surface area contributed by atoms with Crippen molar-refractivity contribution in [2.24, 2.45) is 0 Å². The van der Waals surface area contributed by atoms with Gasteiger partial charge in [-0.25, -0.2) is 0 Å². The van der Waals surface area contributed by atoms with Crippen LogP contribution in [0.15, 0.2) is 48.5 Å². The molecular weight excluding hydrogens is 404 g/mol. The first-order valence-electron chi connectivity index (χ1n) is 9.73. The molecule has 1 N–H and O–H groups in total. The van der Waals surface area contributed by atoms with Crippen LogP contribution in [0.3, 0.4) is 0 Å². The second kappa shape index (κ2) is 10.3. The van der Waals surface area contributed by atoms with Crippen LogP contribution in [0.2, 0.25) is 5.02 Å². The van der Waals surface area contributed by atoms with E-state index in [2.05, 4.69) is 5.32 Å². The molecule has 0 bridgehead atoms. The first kappa shape index (κ1) is 23.5. The molecule has 0 heterocycles. The third kappa shape index (κ3) is 6.66. The minimum absolute atomic E-state index is 0.187. The van der Waals surface area contributed by atoms with E-state index in [4.69, 9.17) is 21.1 Å². The molecule has 0 aliphatic rings. The largest absolute Gasteiger partial charge is 0.493 e. The molecule has 30 heavy (non-hydrogen) atoms. The molecule has 162 valence electrons. The number of nitrogens with one attached hydrogen (secondary N) is 1. The van der Waals surface area contributed by atoms with Crippen LogP contribution < -0.4 is 14.8 Å². The number of hydrogen-bond donors (Lipinski definition) is 1. The normalized spacial score (nSPS) is 12.1. The van der Waals surface area contributed by atoms with Gasteiger partial charge in [-0.3, -0.25) is 9.59 Å². The van der Waals surface area contributed by atoms with E-state index in [0.717, 1.165) is 5.56 Å². The number of para-hydroxylation sites is 2. The lowest BCUT2D eigenvalue weighted by molar-refractivity contribution is -0.142. The number of ether oxygens (including phenoxy) is 2. The van der Waals surface area contributed by atoms with Gasteiger partial charge in [0.15, 0.2) is 18.1 Å². The van der Waals surface area contributed by atoms with Crippen LogP contribution in [-0.2, 0) is 16.1 Å². The molecule has 1 atom stereocenters. The third-order valence-corrected chi connectivity index (χ3v) is 4.75. The maximum Gasteiger partial charge on any atom is 0.261 e. The molecule has 0 aliphatic heterocycles. The van der Waals surface area contributed by atoms with Crippen LogP contribution in [0.1, 0.15) is 33.3 Å². The molecule has 2 aromatic rings. The number of hydrogen-bond acceptors (Lipinski definition) is 4. The predicted molar refractivity (Wildman–Crippen MR) is 118 cm³/mol. The van der Waals surface area contributed by atoms with E-state index in [0.29, 0.717) is 16.5 Å². The minimum atomic E-state index is -0.714. The van der Waals surface area contributed by atoms with Crippen molar-refractivity contribution in [1.82, 2.24) is 10.2 Å². The van der Waals surface area contributed by atoms with Gasteiger partial charge in [-0.15, -0.1) is 0 Å². The predicted octanol–water partition coefficient (Wildman–Crippen LogP) is 4.06. The SMILES string of the molecule is COc1ccccc1OCC(=O)N(Cc1ccccc1Cl)[C@H](C)C(=O)NC(C)(C)C. The molecule has 2 rings (SSSR count). The summed E-state index contributed by atoms with van der Waals surface area (Å²) in [5.74, 6) is 0.400. The van der Waals surface area contributed by atoms with E-state index in [-0.39, 0.29) is 25.0 Å². The molecule has 2 amide bonds. The summed E-state index contributed by atoms with van der Waals surface area (Å²) in [4.78, 5) is 27.3. The monoisotopic (exact) mass is 432 g/mol. The number of methoxy groups -OCH3 is 1. The molecule has 0 saturated carbocycles. The van der Waals surface area contributed by atoms with Crippen molar-refractivity contribution in [3.63, 3.8) is 0 Å². The Bertz CT molecular complexity index is 880. The average Bonchev–Trinajstić information content (AvgIpc) is 2.69. The molecule has 0 spiro atoms. The minimum Gasteiger partial charge on any atom is -0.493 e. The first-order chi connectivity index (χ1) is 14.1. The lowest BCUT2D eigenvalue weighted by Gasteiger charge is -2.31. The molecule has 7 heteroatoms. The molecular formula is C23H29ClN2O4. The van der Waals surface area contributed by atoms with Crippen molar-refractivity contribution in [2.45, 2.75) is 45.8 Å². The standard InChI is InChI=1S/C23H29ClN2O4/c1-16(22(28)25-23(2,3)4)26(14-17-10-6-7-11-18(17)24)21(27)15-30-20-13-9-8-12-19(20)29-5/h6-13,16H,14-15H2,1-5H3,(H,25,28)/t16-/m1/s1. The Kier molecular flexibility index (Phi) is 8.12. The quantitative estimate of drug-likeness (QED) is 0.683. The Hall–Kier alpha value is -2.73. The maximum atomic E-state index is 13.1. The highest BCUT2D eigenvalue weighted by atomic mass is 35.5. The van der Waals surface area contributed by atoms with E-state index >= 15 is 0 Å². The number of halogens is 1. The second-order valence-corrected chi connectivity index (χ2v) is 8.38. The summed E-state index contributed by atoms with van der Waals surface area (Å²) in [5.41, 5.74) is 0.332. The molecule has 0 aliphatic carbocycles. The van der Waals surface area contributed by atoms with Crippen LogP contribution in [0, 0.1) is 0 Å². The number of amides is 2. The van der Waals surface area contributed by atoms with Gasteiger partial charge in [-0.05, 0) is 51.5 Å². The summed E-state index contributed by atoms with van der Waals surface area (Å²) in [7, 11) is 1.53. The molecule has 0 radical (unpaired) electrons. The van der Waals surface area contributed by atoms with Gasteiger partial charge < -0.3 is 19.7 Å². The van der Waals surface area contributed by atoms with Crippen LogP contribution in [0.5, 0.6) is 11.5 Å². The zero-order valence-corrected chi connectivity index (χ0v) is 18.8. The van der Waals surface area contributed by atoms with E-state index in [1.54, 1.807) is 31.2 Å². The Morgan fingerprint density at radius 1 is 1.07 bits per heavy atom. The lowest BCUT2D eigenvalue weighted by atomic mass is 10.1. The average molecular weight is 433 g/mol. The van der Waals surface area contributed by atoms with Crippen molar-refractivity contribution >= 4 is 23.4 Å². The summed E-state index contributed by atoms with van der Waals surface area (Å²) in [5, 5.41) is 3.45. The Balaban J connectivity index is 2.22. The Morgan fingerprint density at radius 3 is 2.27 bits per heavy atom. The molecule has 0 saturated heterocycles. The van der Waals surface area contributed by atoms with Gasteiger partial charge in [0.2, 0.25) is 5.91 Å². The Labute approximate surface area is 183 Å². The van der Waals surface area contributed by atoms with Crippen molar-refractivity contribution in [1.29, 1.82) is 0 Å². The van der Waals surface area contributed by atoms with Crippen LogP contribution >= 0.6 is 11.6 Å². The van der Waals surface area contributed by atoms with E-state index in [9.17, 15) is 9.59 Å². The van der Waals surface area contributed by atoms with Gasteiger partial charge in [-0.2, -0.15) is 0 Å². The number of carbonyl (C=O) groups excluding carboxylic acids is 2. The smallest absolute Gasteiger partial charge is 0.261 e. The van der Waals surface area contributed by atoms with Gasteiger partial charge >= 0.3 is 0 Å². The maximum absolute atomic E-state index is 13.1. The van der Waals surface area contributed by atoms with Crippen molar-refractivity contribution in [2.75, 3.05) is 13.7 Å². The van der Waals surface area contributed by atoms with E-state index < -0.39 is 11.6 Å². The number of nitrogens with zero attached hydrogens (tertiary/aromatic N) is 1. The van der Waals surface area contributed by atoms with Gasteiger partial charge in [-0.1, -0.05) is 41.9 Å². The zero-order valence-electron chi connectivity index (χ0n) is 18.1. The Morgan fingerprint density at radius 2 is 1.67 bits per heavy atom. The molecule has 0 fully saturated rings. The molecule has 2 aromatic carbocycles. The highest BCUT2D eigenvalue weighted by Crippen LogP contribution is 2.26. The second-order valence-electron chi connectivity index (χ2n) is 7.97. The van der Waals surface area contributed by atoms with Crippen LogP contribution in [0.25, 0.3) is 0 Å². The summed E-state index contributed by atoms with van der Waals surface area (Å²) in [6.45, 7) is 7.32. The summed E-state index contributed by atoms with van der Waals surface area (Å²) < 4.78 is 10.9. The summed E-state index contributed by atoms with van der Waals surface area (Å²) >= 11 is 6.29. The highest BCUT2D eigenvalue weighted by Gasteiger charge is 2.29. The van der Waals surface area contributed by atoms with Crippen molar-refractivity contribution in [3.8, 4) is 11.5 Å². The zero-order chi connectivity index (χ0) is 22.3. The van der Waals surface area contributed by atoms with Gasteiger partial charge in [0.25, 0.3) is 5.91 Å². The first-order valence-corrected chi connectivity index (χ1v) is 10.1. The fourth-order valence-electron chi connectivity index (χ4n) is 2.83. The van der Waals surface area contributed by atoms with Crippen LogP contribution in [0.4, 0.5) is 0 Å². The number of rotatable bonds is 8. The van der Waals surface area contributed by atoms with Gasteiger partial charge in [0.05, 0.1) is 7.11 Å². The number of carbonyl (C=O) groups is 2. The van der Waals surface area contributed by atoms with Gasteiger partial charge in [0, 0.05) is 17.1 Å². The molecule has 0 unspecified atom stereocenters.